The number of aromatic nitrogens is 3. The molecule has 0 saturated carbocycles. The largest absolute Gasteiger partial charge is 0.497 e. The first-order chi connectivity index (χ1) is 8.02. The predicted molar refractivity (Wildman–Crippen MR) is 66.6 cm³/mol. The summed E-state index contributed by atoms with van der Waals surface area (Å²) in [5.41, 5.74) is 2.24. The first-order valence-corrected chi connectivity index (χ1v) is 5.56. The SMILES string of the molecule is COc1ccc(-n2cncn2)c(C(C)(C)C)c1. The third-order valence-corrected chi connectivity index (χ3v) is 2.68. The van der Waals surface area contributed by atoms with E-state index in [4.69, 9.17) is 4.74 Å². The zero-order chi connectivity index (χ0) is 12.5. The molecule has 90 valence electrons. The monoisotopic (exact) mass is 231 g/mol. The summed E-state index contributed by atoms with van der Waals surface area (Å²) in [7, 11) is 1.68. The van der Waals surface area contributed by atoms with E-state index in [2.05, 4.69) is 36.9 Å². The minimum atomic E-state index is 0.0236. The number of ether oxygens (including phenoxy) is 1. The molecule has 0 bridgehead atoms. The quantitative estimate of drug-likeness (QED) is 0.797. The van der Waals surface area contributed by atoms with E-state index in [-0.39, 0.29) is 5.41 Å². The van der Waals surface area contributed by atoms with Gasteiger partial charge in [-0.25, -0.2) is 9.67 Å². The fourth-order valence-corrected chi connectivity index (χ4v) is 1.78. The number of methoxy groups -OCH3 is 1. The van der Waals surface area contributed by atoms with Crippen molar-refractivity contribution in [2.45, 2.75) is 26.2 Å². The summed E-state index contributed by atoms with van der Waals surface area (Å²) in [5, 5.41) is 4.18. The van der Waals surface area contributed by atoms with Gasteiger partial charge in [0.05, 0.1) is 12.8 Å². The molecule has 0 amide bonds. The molecule has 0 N–H and O–H groups in total. The first kappa shape index (κ1) is 11.6. The maximum atomic E-state index is 5.28. The van der Waals surface area contributed by atoms with Gasteiger partial charge in [-0.2, -0.15) is 5.10 Å². The van der Waals surface area contributed by atoms with E-state index >= 15 is 0 Å². The van der Waals surface area contributed by atoms with Crippen LogP contribution >= 0.6 is 0 Å². The van der Waals surface area contributed by atoms with Gasteiger partial charge in [0.1, 0.15) is 18.4 Å². The van der Waals surface area contributed by atoms with E-state index in [0.29, 0.717) is 0 Å². The molecule has 0 radical (unpaired) electrons. The third-order valence-electron chi connectivity index (χ3n) is 2.68. The Kier molecular flexibility index (Phi) is 2.88. The smallest absolute Gasteiger partial charge is 0.138 e. The summed E-state index contributed by atoms with van der Waals surface area (Å²) in [6.45, 7) is 6.51. The maximum absolute atomic E-state index is 5.28. The summed E-state index contributed by atoms with van der Waals surface area (Å²) in [4.78, 5) is 3.98. The molecule has 1 aromatic carbocycles. The summed E-state index contributed by atoms with van der Waals surface area (Å²) < 4.78 is 7.05. The lowest BCUT2D eigenvalue weighted by Crippen LogP contribution is -2.15. The normalized spacial score (nSPS) is 11.5. The molecule has 0 aliphatic carbocycles. The molecule has 4 nitrogen and oxygen atoms in total. The zero-order valence-corrected chi connectivity index (χ0v) is 10.6. The first-order valence-electron chi connectivity index (χ1n) is 5.56. The minimum absolute atomic E-state index is 0.0236. The maximum Gasteiger partial charge on any atom is 0.138 e. The molecule has 4 heteroatoms. The zero-order valence-electron chi connectivity index (χ0n) is 10.6. The fraction of sp³-hybridized carbons (Fsp3) is 0.385. The van der Waals surface area contributed by atoms with E-state index in [1.807, 2.05) is 12.1 Å². The Balaban J connectivity index is 2.59. The minimum Gasteiger partial charge on any atom is -0.497 e. The van der Waals surface area contributed by atoms with Crippen LogP contribution in [0.2, 0.25) is 0 Å². The van der Waals surface area contributed by atoms with Crippen LogP contribution in [0.3, 0.4) is 0 Å². The van der Waals surface area contributed by atoms with Gasteiger partial charge in [-0.15, -0.1) is 0 Å². The summed E-state index contributed by atoms with van der Waals surface area (Å²) in [6.07, 6.45) is 3.24. The highest BCUT2D eigenvalue weighted by Gasteiger charge is 2.20. The van der Waals surface area contributed by atoms with E-state index in [1.54, 1.807) is 18.1 Å². The van der Waals surface area contributed by atoms with Gasteiger partial charge in [-0.1, -0.05) is 20.8 Å². The second-order valence-electron chi connectivity index (χ2n) is 4.97. The van der Waals surface area contributed by atoms with Gasteiger partial charge >= 0.3 is 0 Å². The average molecular weight is 231 g/mol. The van der Waals surface area contributed by atoms with Crippen molar-refractivity contribution in [1.29, 1.82) is 0 Å². The van der Waals surface area contributed by atoms with Gasteiger partial charge in [0.15, 0.2) is 0 Å². The van der Waals surface area contributed by atoms with Crippen molar-refractivity contribution < 1.29 is 4.74 Å². The van der Waals surface area contributed by atoms with Crippen molar-refractivity contribution in [3.8, 4) is 11.4 Å². The Bertz CT molecular complexity index is 498. The van der Waals surface area contributed by atoms with Crippen LogP contribution in [0, 0.1) is 0 Å². The summed E-state index contributed by atoms with van der Waals surface area (Å²) >= 11 is 0. The van der Waals surface area contributed by atoms with Gasteiger partial charge < -0.3 is 4.74 Å². The lowest BCUT2D eigenvalue weighted by atomic mass is 9.85. The number of benzene rings is 1. The molecule has 2 aromatic rings. The molecule has 0 fully saturated rings. The van der Waals surface area contributed by atoms with Crippen LogP contribution in [0.15, 0.2) is 30.9 Å². The number of nitrogens with zero attached hydrogens (tertiary/aromatic N) is 3. The van der Waals surface area contributed by atoms with Crippen LogP contribution in [0.1, 0.15) is 26.3 Å². The van der Waals surface area contributed by atoms with E-state index < -0.39 is 0 Å². The molecular weight excluding hydrogens is 214 g/mol. The van der Waals surface area contributed by atoms with Gasteiger partial charge in [-0.05, 0) is 29.2 Å². The van der Waals surface area contributed by atoms with E-state index in [9.17, 15) is 0 Å². The number of rotatable bonds is 2. The van der Waals surface area contributed by atoms with Crippen molar-refractivity contribution in [3.63, 3.8) is 0 Å². The molecule has 1 aromatic heterocycles. The van der Waals surface area contributed by atoms with Gasteiger partial charge in [0.25, 0.3) is 0 Å². The van der Waals surface area contributed by atoms with E-state index in [1.165, 1.54) is 11.9 Å². The Morgan fingerprint density at radius 2 is 2.00 bits per heavy atom. The van der Waals surface area contributed by atoms with Crippen LogP contribution in [0.25, 0.3) is 5.69 Å². The topological polar surface area (TPSA) is 39.9 Å². The molecule has 0 unspecified atom stereocenters. The molecular formula is C13H17N3O. The molecule has 0 aliphatic rings. The molecule has 1 heterocycles. The standard InChI is InChI=1S/C13H17N3O/c1-13(2,3)11-7-10(17-4)5-6-12(11)16-9-14-8-15-16/h5-9H,1-4H3. The van der Waals surface area contributed by atoms with Crippen LogP contribution in [-0.2, 0) is 5.41 Å². The molecule has 0 saturated heterocycles. The Morgan fingerprint density at radius 1 is 1.24 bits per heavy atom. The predicted octanol–water partition coefficient (Wildman–Crippen LogP) is 2.57. The third kappa shape index (κ3) is 2.30. The highest BCUT2D eigenvalue weighted by Crippen LogP contribution is 2.31. The summed E-state index contributed by atoms with van der Waals surface area (Å²) in [6, 6.07) is 6.00. The Labute approximate surface area is 101 Å². The second kappa shape index (κ2) is 4.20. The van der Waals surface area contributed by atoms with Gasteiger partial charge in [-0.3, -0.25) is 0 Å². The molecule has 0 aliphatic heterocycles. The highest BCUT2D eigenvalue weighted by molar-refractivity contribution is 5.48. The lowest BCUT2D eigenvalue weighted by Gasteiger charge is -2.23. The highest BCUT2D eigenvalue weighted by atomic mass is 16.5. The van der Waals surface area contributed by atoms with Crippen LogP contribution in [-0.4, -0.2) is 21.9 Å². The molecule has 0 spiro atoms. The second-order valence-corrected chi connectivity index (χ2v) is 4.97. The van der Waals surface area contributed by atoms with Gasteiger partial charge in [0.2, 0.25) is 0 Å². The van der Waals surface area contributed by atoms with E-state index in [0.717, 1.165) is 11.4 Å². The summed E-state index contributed by atoms with van der Waals surface area (Å²) in [5.74, 6) is 0.860. The number of hydrogen-bond acceptors (Lipinski definition) is 3. The average Bonchev–Trinajstić information content (AvgIpc) is 2.80. The molecule has 17 heavy (non-hydrogen) atoms. The van der Waals surface area contributed by atoms with Crippen LogP contribution in [0.5, 0.6) is 5.75 Å². The molecule has 0 atom stereocenters. The van der Waals surface area contributed by atoms with Crippen molar-refractivity contribution in [2.75, 3.05) is 7.11 Å². The van der Waals surface area contributed by atoms with Crippen LogP contribution < -0.4 is 4.74 Å². The molecule has 2 rings (SSSR count). The lowest BCUT2D eigenvalue weighted by molar-refractivity contribution is 0.412. The number of hydrogen-bond donors (Lipinski definition) is 0. The van der Waals surface area contributed by atoms with Crippen molar-refractivity contribution >= 4 is 0 Å². The Hall–Kier alpha value is -1.84. The van der Waals surface area contributed by atoms with Crippen LogP contribution in [0.4, 0.5) is 0 Å². The van der Waals surface area contributed by atoms with Crippen molar-refractivity contribution in [1.82, 2.24) is 14.8 Å². The Morgan fingerprint density at radius 3 is 2.53 bits per heavy atom. The van der Waals surface area contributed by atoms with Crippen molar-refractivity contribution in [3.05, 3.63) is 36.4 Å². The fourth-order valence-electron chi connectivity index (χ4n) is 1.78. The van der Waals surface area contributed by atoms with Crippen molar-refractivity contribution in [2.24, 2.45) is 0 Å². The van der Waals surface area contributed by atoms with Gasteiger partial charge in [0, 0.05) is 0 Å².